The van der Waals surface area contributed by atoms with Gasteiger partial charge in [0, 0.05) is 62.4 Å². The normalized spacial score (nSPS) is 16.6. The number of hydrogen-bond donors (Lipinski definition) is 1. The summed E-state index contributed by atoms with van der Waals surface area (Å²) >= 11 is 0. The largest absolute Gasteiger partial charge is 0.495 e. The molecule has 1 saturated heterocycles. The number of aliphatic hydroxyl groups is 1. The third kappa shape index (κ3) is 3.53. The van der Waals surface area contributed by atoms with Gasteiger partial charge in [-0.2, -0.15) is 0 Å². The summed E-state index contributed by atoms with van der Waals surface area (Å²) in [4.78, 5) is 4.71. The molecule has 4 rings (SSSR count). The van der Waals surface area contributed by atoms with Gasteiger partial charge >= 0.3 is 0 Å². The average Bonchev–Trinajstić information content (AvgIpc) is 3.06. The first kappa shape index (κ1) is 17.9. The van der Waals surface area contributed by atoms with Gasteiger partial charge in [0.15, 0.2) is 0 Å². The summed E-state index contributed by atoms with van der Waals surface area (Å²) in [6.07, 6.45) is 1.58. The number of benzene rings is 2. The lowest BCUT2D eigenvalue weighted by Gasteiger charge is -2.37. The number of aromatic nitrogens is 1. The van der Waals surface area contributed by atoms with Crippen molar-refractivity contribution >= 4 is 16.6 Å². The van der Waals surface area contributed by atoms with Gasteiger partial charge in [-0.15, -0.1) is 0 Å². The van der Waals surface area contributed by atoms with E-state index in [-0.39, 0.29) is 0 Å². The number of ether oxygens (including phenoxy) is 1. The lowest BCUT2D eigenvalue weighted by atomic mass is 10.1. The number of methoxy groups -OCH3 is 1. The Bertz CT molecular complexity index is 913. The van der Waals surface area contributed by atoms with Crippen LogP contribution in [-0.2, 0) is 7.05 Å². The Morgan fingerprint density at radius 3 is 2.48 bits per heavy atom. The summed E-state index contributed by atoms with van der Waals surface area (Å²) in [6, 6.07) is 16.4. The first-order valence-electron chi connectivity index (χ1n) is 9.49. The second-order valence-corrected chi connectivity index (χ2v) is 7.19. The molecule has 2 heterocycles. The molecule has 0 radical (unpaired) electrons. The van der Waals surface area contributed by atoms with Gasteiger partial charge in [0.25, 0.3) is 0 Å². The molecule has 0 spiro atoms. The third-order valence-corrected chi connectivity index (χ3v) is 5.52. The second-order valence-electron chi connectivity index (χ2n) is 7.19. The molecule has 5 nitrogen and oxygen atoms in total. The maximum absolute atomic E-state index is 10.9. The van der Waals surface area contributed by atoms with Gasteiger partial charge in [-0.25, -0.2) is 0 Å². The van der Waals surface area contributed by atoms with E-state index in [4.69, 9.17) is 4.74 Å². The number of β-amino-alcohol motifs (C(OH)–C–C–N with tert-alkyl or cyclic N) is 1. The molecule has 1 aliphatic rings. The number of aryl methyl sites for hydroxylation is 1. The van der Waals surface area contributed by atoms with Crippen molar-refractivity contribution in [2.75, 3.05) is 44.7 Å². The molecule has 0 unspecified atom stereocenters. The average molecular weight is 365 g/mol. The lowest BCUT2D eigenvalue weighted by molar-refractivity contribution is 0.110. The minimum absolute atomic E-state index is 0.478. The number of nitrogens with zero attached hydrogens (tertiary/aromatic N) is 3. The zero-order chi connectivity index (χ0) is 18.8. The van der Waals surface area contributed by atoms with E-state index in [9.17, 15) is 5.11 Å². The van der Waals surface area contributed by atoms with E-state index >= 15 is 0 Å². The number of piperazine rings is 1. The molecule has 1 fully saturated rings. The molecule has 2 aromatic carbocycles. The molecular weight excluding hydrogens is 338 g/mol. The maximum Gasteiger partial charge on any atom is 0.142 e. The highest BCUT2D eigenvalue weighted by Crippen LogP contribution is 2.30. The van der Waals surface area contributed by atoms with E-state index in [0.717, 1.165) is 54.1 Å². The van der Waals surface area contributed by atoms with Crippen molar-refractivity contribution in [3.05, 3.63) is 60.3 Å². The minimum atomic E-state index is -0.478. The van der Waals surface area contributed by atoms with Crippen LogP contribution >= 0.6 is 0 Å². The maximum atomic E-state index is 10.9. The standard InChI is InChI=1S/C22H27N3O2/c1-23-15-18(17-7-3-4-8-19(17)23)21(26)16-24-11-13-25(14-12-24)20-9-5-6-10-22(20)27-2/h3-10,15,21,26H,11-14,16H2,1-2H3/t21-/m0/s1. The Kier molecular flexibility index (Phi) is 5.05. The van der Waals surface area contributed by atoms with Crippen LogP contribution in [0.3, 0.4) is 0 Å². The smallest absolute Gasteiger partial charge is 0.142 e. The molecule has 3 aromatic rings. The Hall–Kier alpha value is -2.50. The predicted molar refractivity (Wildman–Crippen MR) is 110 cm³/mol. The number of anilines is 1. The fourth-order valence-electron chi connectivity index (χ4n) is 4.04. The first-order chi connectivity index (χ1) is 13.2. The van der Waals surface area contributed by atoms with Crippen LogP contribution in [0.15, 0.2) is 54.7 Å². The SMILES string of the molecule is COc1ccccc1N1CCN(C[C@H](O)c2cn(C)c3ccccc23)CC1. The first-order valence-corrected chi connectivity index (χ1v) is 9.49. The van der Waals surface area contributed by atoms with Crippen LogP contribution < -0.4 is 9.64 Å². The van der Waals surface area contributed by atoms with Gasteiger partial charge in [0.2, 0.25) is 0 Å². The molecule has 0 amide bonds. The van der Waals surface area contributed by atoms with Crippen molar-refractivity contribution in [3.63, 3.8) is 0 Å². The van der Waals surface area contributed by atoms with Crippen LogP contribution in [-0.4, -0.2) is 54.4 Å². The van der Waals surface area contributed by atoms with E-state index in [2.05, 4.69) is 44.8 Å². The number of rotatable bonds is 5. The quantitative estimate of drug-likeness (QED) is 0.755. The molecule has 1 aromatic heterocycles. The number of fused-ring (bicyclic) bond motifs is 1. The summed E-state index contributed by atoms with van der Waals surface area (Å²) in [5.41, 5.74) is 3.32. The monoisotopic (exact) mass is 365 g/mol. The van der Waals surface area contributed by atoms with Crippen molar-refractivity contribution in [3.8, 4) is 5.75 Å². The summed E-state index contributed by atoms with van der Waals surface area (Å²) in [7, 11) is 3.75. The zero-order valence-electron chi connectivity index (χ0n) is 16.0. The highest BCUT2D eigenvalue weighted by atomic mass is 16.5. The Labute approximate surface area is 160 Å². The van der Waals surface area contributed by atoms with Crippen LogP contribution in [0.1, 0.15) is 11.7 Å². The van der Waals surface area contributed by atoms with Gasteiger partial charge in [-0.05, 0) is 18.2 Å². The molecule has 27 heavy (non-hydrogen) atoms. The van der Waals surface area contributed by atoms with Gasteiger partial charge in [-0.3, -0.25) is 4.90 Å². The molecule has 0 aliphatic carbocycles. The Morgan fingerprint density at radius 2 is 1.70 bits per heavy atom. The van der Waals surface area contributed by atoms with Gasteiger partial charge in [0.1, 0.15) is 5.75 Å². The fourth-order valence-corrected chi connectivity index (χ4v) is 4.04. The van der Waals surface area contributed by atoms with E-state index in [1.165, 1.54) is 0 Å². The van der Waals surface area contributed by atoms with Gasteiger partial charge in [0.05, 0.1) is 18.9 Å². The second kappa shape index (κ2) is 7.62. The molecule has 0 saturated carbocycles. The number of hydrogen-bond acceptors (Lipinski definition) is 4. The van der Waals surface area contributed by atoms with E-state index < -0.39 is 6.10 Å². The van der Waals surface area contributed by atoms with Crippen molar-refractivity contribution in [1.29, 1.82) is 0 Å². The number of para-hydroxylation sites is 3. The van der Waals surface area contributed by atoms with Crippen LogP contribution in [0.5, 0.6) is 5.75 Å². The predicted octanol–water partition coefficient (Wildman–Crippen LogP) is 3.04. The van der Waals surface area contributed by atoms with Crippen molar-refractivity contribution in [2.24, 2.45) is 7.05 Å². The number of aliphatic hydroxyl groups excluding tert-OH is 1. The topological polar surface area (TPSA) is 40.9 Å². The summed E-state index contributed by atoms with van der Waals surface area (Å²) in [5.74, 6) is 0.918. The van der Waals surface area contributed by atoms with E-state index in [0.29, 0.717) is 6.54 Å². The van der Waals surface area contributed by atoms with Crippen LogP contribution in [0, 0.1) is 0 Å². The van der Waals surface area contributed by atoms with Crippen molar-refractivity contribution < 1.29 is 9.84 Å². The lowest BCUT2D eigenvalue weighted by Crippen LogP contribution is -2.47. The molecule has 5 heteroatoms. The molecule has 142 valence electrons. The molecule has 1 atom stereocenters. The van der Waals surface area contributed by atoms with Gasteiger partial charge in [-0.1, -0.05) is 30.3 Å². The van der Waals surface area contributed by atoms with E-state index in [1.807, 2.05) is 31.3 Å². The summed E-state index contributed by atoms with van der Waals surface area (Å²) in [6.45, 7) is 4.39. The van der Waals surface area contributed by atoms with Crippen LogP contribution in [0.4, 0.5) is 5.69 Å². The molecule has 0 bridgehead atoms. The zero-order valence-corrected chi connectivity index (χ0v) is 16.0. The summed E-state index contributed by atoms with van der Waals surface area (Å²) in [5, 5.41) is 12.0. The van der Waals surface area contributed by atoms with E-state index in [1.54, 1.807) is 7.11 Å². The Morgan fingerprint density at radius 1 is 1.00 bits per heavy atom. The van der Waals surface area contributed by atoms with Crippen molar-refractivity contribution in [2.45, 2.75) is 6.10 Å². The highest BCUT2D eigenvalue weighted by molar-refractivity contribution is 5.84. The third-order valence-electron chi connectivity index (χ3n) is 5.52. The van der Waals surface area contributed by atoms with Crippen LogP contribution in [0.2, 0.25) is 0 Å². The van der Waals surface area contributed by atoms with Gasteiger partial charge < -0.3 is 19.3 Å². The molecule has 1 N–H and O–H groups in total. The molecular formula is C22H27N3O2. The van der Waals surface area contributed by atoms with Crippen LogP contribution in [0.25, 0.3) is 10.9 Å². The molecule has 1 aliphatic heterocycles. The Balaban J connectivity index is 1.41. The summed E-state index contributed by atoms with van der Waals surface area (Å²) < 4.78 is 7.58. The van der Waals surface area contributed by atoms with Crippen molar-refractivity contribution in [1.82, 2.24) is 9.47 Å². The fraction of sp³-hybridized carbons (Fsp3) is 0.364. The minimum Gasteiger partial charge on any atom is -0.495 e. The highest BCUT2D eigenvalue weighted by Gasteiger charge is 2.23.